The normalized spacial score (nSPS) is 14.7. The Balaban J connectivity index is 1.36. The van der Waals surface area contributed by atoms with Gasteiger partial charge in [-0.1, -0.05) is 36.4 Å². The molecule has 1 fully saturated rings. The number of aromatic nitrogens is 1. The average molecular weight is 352 g/mol. The van der Waals surface area contributed by atoms with Crippen LogP contribution >= 0.6 is 0 Å². The quantitative estimate of drug-likeness (QED) is 0.804. The first-order chi connectivity index (χ1) is 12.7. The molecule has 1 aromatic carbocycles. The van der Waals surface area contributed by atoms with Crippen LogP contribution in [0.1, 0.15) is 18.4 Å². The summed E-state index contributed by atoms with van der Waals surface area (Å²) in [5.74, 6) is 0.240. The Kier molecular flexibility index (Phi) is 6.19. The molecule has 1 aromatic heterocycles. The molecule has 2 N–H and O–H groups in total. The minimum absolute atomic E-state index is 0.357. The molecule has 0 radical (unpaired) electrons. The van der Waals surface area contributed by atoms with E-state index in [-0.39, 0.29) is 0 Å². The second-order valence-corrected chi connectivity index (χ2v) is 6.50. The molecule has 0 unspecified atom stereocenters. The lowest BCUT2D eigenvalue weighted by Crippen LogP contribution is -2.43. The first kappa shape index (κ1) is 17.9. The maximum absolute atomic E-state index is 11.9. The Bertz CT molecular complexity index is 713. The van der Waals surface area contributed by atoms with Gasteiger partial charge in [0, 0.05) is 32.4 Å². The molecule has 26 heavy (non-hydrogen) atoms. The van der Waals surface area contributed by atoms with Gasteiger partial charge in [0.15, 0.2) is 0 Å². The summed E-state index contributed by atoms with van der Waals surface area (Å²) >= 11 is 0. The number of nitrogens with one attached hydrogen (secondary N) is 2. The van der Waals surface area contributed by atoms with Crippen LogP contribution in [-0.2, 0) is 16.1 Å². The van der Waals surface area contributed by atoms with Crippen LogP contribution in [0.2, 0.25) is 0 Å². The van der Waals surface area contributed by atoms with Crippen LogP contribution in [0.25, 0.3) is 0 Å². The van der Waals surface area contributed by atoms with Crippen LogP contribution in [0, 0.1) is 5.92 Å². The van der Waals surface area contributed by atoms with Crippen molar-refractivity contribution in [3.63, 3.8) is 0 Å². The van der Waals surface area contributed by atoms with Gasteiger partial charge in [-0.25, -0.2) is 4.98 Å². The Labute approximate surface area is 153 Å². The SMILES string of the molecule is O=C(NCc1ccccc1)C(=O)NCC1CCN(c2ccccn2)CC1. The summed E-state index contributed by atoms with van der Waals surface area (Å²) in [6, 6.07) is 15.5. The van der Waals surface area contributed by atoms with Gasteiger partial charge >= 0.3 is 11.8 Å². The highest BCUT2D eigenvalue weighted by atomic mass is 16.2. The molecule has 0 bridgehead atoms. The minimum atomic E-state index is -0.584. The van der Waals surface area contributed by atoms with Crippen molar-refractivity contribution in [2.45, 2.75) is 19.4 Å². The van der Waals surface area contributed by atoms with Gasteiger partial charge in [-0.2, -0.15) is 0 Å². The van der Waals surface area contributed by atoms with Gasteiger partial charge in [0.25, 0.3) is 0 Å². The molecule has 2 aromatic rings. The minimum Gasteiger partial charge on any atom is -0.357 e. The Morgan fingerprint density at radius 2 is 1.65 bits per heavy atom. The maximum atomic E-state index is 11.9. The van der Waals surface area contributed by atoms with Gasteiger partial charge < -0.3 is 15.5 Å². The summed E-state index contributed by atoms with van der Waals surface area (Å²) in [7, 11) is 0. The number of carbonyl (C=O) groups is 2. The van der Waals surface area contributed by atoms with E-state index in [4.69, 9.17) is 0 Å². The summed E-state index contributed by atoms with van der Waals surface area (Å²) in [5, 5.41) is 5.41. The van der Waals surface area contributed by atoms with Crippen LogP contribution in [0.5, 0.6) is 0 Å². The van der Waals surface area contributed by atoms with Crippen molar-refractivity contribution >= 4 is 17.6 Å². The van der Waals surface area contributed by atoms with E-state index < -0.39 is 11.8 Å². The third kappa shape index (κ3) is 5.05. The largest absolute Gasteiger partial charge is 0.357 e. The smallest absolute Gasteiger partial charge is 0.309 e. The van der Waals surface area contributed by atoms with E-state index in [0.717, 1.165) is 37.3 Å². The van der Waals surface area contributed by atoms with E-state index in [1.807, 2.05) is 48.5 Å². The van der Waals surface area contributed by atoms with E-state index in [0.29, 0.717) is 19.0 Å². The van der Waals surface area contributed by atoms with Crippen LogP contribution < -0.4 is 15.5 Å². The summed E-state index contributed by atoms with van der Waals surface area (Å²) < 4.78 is 0. The molecule has 6 heteroatoms. The van der Waals surface area contributed by atoms with Crippen LogP contribution in [0.3, 0.4) is 0 Å². The molecule has 1 aliphatic heterocycles. The van der Waals surface area contributed by atoms with E-state index >= 15 is 0 Å². The molecule has 2 heterocycles. The summed E-state index contributed by atoms with van der Waals surface area (Å²) in [5.41, 5.74) is 0.968. The molecule has 0 atom stereocenters. The fourth-order valence-corrected chi connectivity index (χ4v) is 3.08. The molecule has 6 nitrogen and oxygen atoms in total. The average Bonchev–Trinajstić information content (AvgIpc) is 2.72. The van der Waals surface area contributed by atoms with E-state index in [1.165, 1.54) is 0 Å². The highest BCUT2D eigenvalue weighted by Gasteiger charge is 2.21. The summed E-state index contributed by atoms with van der Waals surface area (Å²) in [6.45, 7) is 2.72. The molecule has 1 saturated heterocycles. The van der Waals surface area contributed by atoms with E-state index in [9.17, 15) is 9.59 Å². The first-order valence-corrected chi connectivity index (χ1v) is 8.98. The number of benzene rings is 1. The molecule has 136 valence electrons. The van der Waals surface area contributed by atoms with Crippen molar-refractivity contribution in [1.29, 1.82) is 0 Å². The summed E-state index contributed by atoms with van der Waals surface area (Å²) in [4.78, 5) is 30.5. The van der Waals surface area contributed by atoms with Gasteiger partial charge in [0.2, 0.25) is 0 Å². The van der Waals surface area contributed by atoms with Gasteiger partial charge in [-0.15, -0.1) is 0 Å². The van der Waals surface area contributed by atoms with Crippen molar-refractivity contribution in [3.05, 3.63) is 60.3 Å². The van der Waals surface area contributed by atoms with Crippen molar-refractivity contribution in [2.75, 3.05) is 24.5 Å². The number of carbonyl (C=O) groups excluding carboxylic acids is 2. The fraction of sp³-hybridized carbons (Fsp3) is 0.350. The van der Waals surface area contributed by atoms with Crippen LogP contribution in [0.4, 0.5) is 5.82 Å². The number of hydrogen-bond donors (Lipinski definition) is 2. The topological polar surface area (TPSA) is 74.3 Å². The van der Waals surface area contributed by atoms with Crippen LogP contribution in [0.15, 0.2) is 54.7 Å². The van der Waals surface area contributed by atoms with Crippen molar-refractivity contribution in [1.82, 2.24) is 15.6 Å². The van der Waals surface area contributed by atoms with Crippen molar-refractivity contribution in [2.24, 2.45) is 5.92 Å². The molecule has 0 saturated carbocycles. The predicted octanol–water partition coefficient (Wildman–Crippen LogP) is 1.73. The highest BCUT2D eigenvalue weighted by Crippen LogP contribution is 2.20. The zero-order chi connectivity index (χ0) is 18.2. The van der Waals surface area contributed by atoms with Gasteiger partial charge in [0.05, 0.1) is 0 Å². The number of piperidine rings is 1. The Morgan fingerprint density at radius 1 is 0.962 bits per heavy atom. The number of amides is 2. The fourth-order valence-electron chi connectivity index (χ4n) is 3.08. The molecule has 2 amide bonds. The predicted molar refractivity (Wildman–Crippen MR) is 100 cm³/mol. The molecule has 0 spiro atoms. The third-order valence-electron chi connectivity index (χ3n) is 4.64. The highest BCUT2D eigenvalue weighted by molar-refractivity contribution is 6.35. The van der Waals surface area contributed by atoms with Crippen LogP contribution in [-0.4, -0.2) is 36.4 Å². The first-order valence-electron chi connectivity index (χ1n) is 8.98. The van der Waals surface area contributed by atoms with E-state index in [2.05, 4.69) is 20.5 Å². The zero-order valence-corrected chi connectivity index (χ0v) is 14.7. The lowest BCUT2D eigenvalue weighted by Gasteiger charge is -2.32. The van der Waals surface area contributed by atoms with E-state index in [1.54, 1.807) is 6.20 Å². The standard InChI is InChI=1S/C20H24N4O2/c25-19(22-14-16-6-2-1-3-7-16)20(26)23-15-17-9-12-24(13-10-17)18-8-4-5-11-21-18/h1-8,11,17H,9-10,12-15H2,(H,22,25)(H,23,26). The number of pyridine rings is 1. The van der Waals surface area contributed by atoms with Gasteiger partial charge in [-0.3, -0.25) is 9.59 Å². The second-order valence-electron chi connectivity index (χ2n) is 6.50. The zero-order valence-electron chi connectivity index (χ0n) is 14.7. The molecular weight excluding hydrogens is 328 g/mol. The summed E-state index contributed by atoms with van der Waals surface area (Å²) in [6.07, 6.45) is 3.75. The molecular formula is C20H24N4O2. The number of anilines is 1. The maximum Gasteiger partial charge on any atom is 0.309 e. The Morgan fingerprint density at radius 3 is 2.35 bits per heavy atom. The van der Waals surface area contributed by atoms with Crippen molar-refractivity contribution in [3.8, 4) is 0 Å². The number of hydrogen-bond acceptors (Lipinski definition) is 4. The second kappa shape index (κ2) is 8.99. The monoisotopic (exact) mass is 352 g/mol. The van der Waals surface area contributed by atoms with Gasteiger partial charge in [0.1, 0.15) is 5.82 Å². The molecule has 0 aliphatic carbocycles. The lowest BCUT2D eigenvalue weighted by molar-refractivity contribution is -0.139. The molecule has 3 rings (SSSR count). The molecule has 1 aliphatic rings. The lowest BCUT2D eigenvalue weighted by atomic mass is 9.97. The number of nitrogens with zero attached hydrogens (tertiary/aromatic N) is 2. The van der Waals surface area contributed by atoms with Crippen molar-refractivity contribution < 1.29 is 9.59 Å². The third-order valence-corrected chi connectivity index (χ3v) is 4.64. The Hall–Kier alpha value is -2.89. The number of rotatable bonds is 5. The van der Waals surface area contributed by atoms with Gasteiger partial charge in [-0.05, 0) is 36.5 Å².